The number of rotatable bonds is 5. The monoisotopic (exact) mass is 354 g/mol. The van der Waals surface area contributed by atoms with E-state index in [4.69, 9.17) is 9.15 Å². The Hall–Kier alpha value is -3.23. The molecule has 0 spiro atoms. The SMILES string of the molecule is O=C(C=Cc1ccco1)NNC(=O)COc1cccc(C(F)(F)F)c1. The first kappa shape index (κ1) is 18.1. The molecule has 0 fully saturated rings. The molecule has 1 heterocycles. The number of alkyl halides is 3. The number of furan rings is 1. The molecule has 0 atom stereocenters. The molecule has 2 N–H and O–H groups in total. The summed E-state index contributed by atoms with van der Waals surface area (Å²) >= 11 is 0. The van der Waals surface area contributed by atoms with Gasteiger partial charge < -0.3 is 9.15 Å². The van der Waals surface area contributed by atoms with Crippen LogP contribution in [-0.4, -0.2) is 18.4 Å². The lowest BCUT2D eigenvalue weighted by Crippen LogP contribution is -2.43. The van der Waals surface area contributed by atoms with Crippen molar-refractivity contribution in [3.8, 4) is 5.75 Å². The molecular weight excluding hydrogens is 341 g/mol. The third-order valence-corrected chi connectivity index (χ3v) is 2.80. The van der Waals surface area contributed by atoms with Crippen LogP contribution in [0.2, 0.25) is 0 Å². The molecule has 0 radical (unpaired) electrons. The summed E-state index contributed by atoms with van der Waals surface area (Å²) in [6.07, 6.45) is -0.548. The molecule has 0 aliphatic heterocycles. The van der Waals surface area contributed by atoms with Crippen molar-refractivity contribution in [2.45, 2.75) is 6.18 Å². The van der Waals surface area contributed by atoms with Crippen LogP contribution >= 0.6 is 0 Å². The Morgan fingerprint density at radius 1 is 1.16 bits per heavy atom. The van der Waals surface area contributed by atoms with E-state index in [9.17, 15) is 22.8 Å². The van der Waals surface area contributed by atoms with Crippen LogP contribution in [0.4, 0.5) is 13.2 Å². The van der Waals surface area contributed by atoms with E-state index in [0.29, 0.717) is 5.76 Å². The second-order valence-electron chi connectivity index (χ2n) is 4.70. The summed E-state index contributed by atoms with van der Waals surface area (Å²) < 4.78 is 47.6. The molecule has 0 aliphatic rings. The number of carbonyl (C=O) groups is 2. The average Bonchev–Trinajstić information content (AvgIpc) is 3.09. The summed E-state index contributed by atoms with van der Waals surface area (Å²) in [6, 6.07) is 7.39. The Balaban J connectivity index is 1.76. The smallest absolute Gasteiger partial charge is 0.416 e. The number of hydrogen-bond acceptors (Lipinski definition) is 4. The highest BCUT2D eigenvalue weighted by Gasteiger charge is 2.30. The van der Waals surface area contributed by atoms with Gasteiger partial charge in [0.15, 0.2) is 6.61 Å². The number of halogens is 3. The van der Waals surface area contributed by atoms with Crippen molar-refractivity contribution in [2.75, 3.05) is 6.61 Å². The van der Waals surface area contributed by atoms with Gasteiger partial charge in [-0.1, -0.05) is 6.07 Å². The third-order valence-electron chi connectivity index (χ3n) is 2.80. The zero-order chi connectivity index (χ0) is 18.3. The maximum Gasteiger partial charge on any atom is 0.416 e. The lowest BCUT2D eigenvalue weighted by atomic mass is 10.2. The van der Waals surface area contributed by atoms with Crippen LogP contribution < -0.4 is 15.6 Å². The Bertz CT molecular complexity index is 755. The van der Waals surface area contributed by atoms with E-state index >= 15 is 0 Å². The summed E-state index contributed by atoms with van der Waals surface area (Å²) in [6.45, 7) is -0.566. The van der Waals surface area contributed by atoms with Crippen LogP contribution in [0, 0.1) is 0 Å². The molecule has 0 bridgehead atoms. The van der Waals surface area contributed by atoms with Gasteiger partial charge in [-0.3, -0.25) is 20.4 Å². The van der Waals surface area contributed by atoms with Crippen LogP contribution in [0.25, 0.3) is 6.08 Å². The van der Waals surface area contributed by atoms with Crippen molar-refractivity contribution in [1.82, 2.24) is 10.9 Å². The van der Waals surface area contributed by atoms with E-state index < -0.39 is 30.2 Å². The van der Waals surface area contributed by atoms with Crippen LogP contribution in [-0.2, 0) is 15.8 Å². The van der Waals surface area contributed by atoms with Gasteiger partial charge in [-0.15, -0.1) is 0 Å². The molecular formula is C16H13F3N2O4. The third kappa shape index (κ3) is 6.05. The van der Waals surface area contributed by atoms with E-state index in [-0.39, 0.29) is 5.75 Å². The number of benzene rings is 1. The molecule has 2 rings (SSSR count). The van der Waals surface area contributed by atoms with E-state index in [2.05, 4.69) is 10.9 Å². The van der Waals surface area contributed by atoms with Crippen LogP contribution in [0.1, 0.15) is 11.3 Å². The van der Waals surface area contributed by atoms with Crippen molar-refractivity contribution in [1.29, 1.82) is 0 Å². The summed E-state index contributed by atoms with van der Waals surface area (Å²) in [5.41, 5.74) is 3.26. The molecule has 0 unspecified atom stereocenters. The molecule has 9 heteroatoms. The fraction of sp³-hybridized carbons (Fsp3) is 0.125. The van der Waals surface area contributed by atoms with E-state index in [1.54, 1.807) is 12.1 Å². The summed E-state index contributed by atoms with van der Waals surface area (Å²) in [4.78, 5) is 23.0. The Kier molecular flexibility index (Phi) is 5.83. The van der Waals surface area contributed by atoms with Gasteiger partial charge >= 0.3 is 6.18 Å². The molecule has 2 amide bonds. The quantitative estimate of drug-likeness (QED) is 0.639. The second-order valence-corrected chi connectivity index (χ2v) is 4.70. The number of carbonyl (C=O) groups excluding carboxylic acids is 2. The first-order chi connectivity index (χ1) is 11.8. The van der Waals surface area contributed by atoms with E-state index in [1.807, 2.05) is 0 Å². The van der Waals surface area contributed by atoms with Gasteiger partial charge in [-0.05, 0) is 36.4 Å². The van der Waals surface area contributed by atoms with E-state index in [1.165, 1.54) is 18.4 Å². The second kappa shape index (κ2) is 8.04. The minimum atomic E-state index is -4.50. The van der Waals surface area contributed by atoms with Crippen molar-refractivity contribution in [3.63, 3.8) is 0 Å². The highest BCUT2D eigenvalue weighted by atomic mass is 19.4. The fourth-order valence-electron chi connectivity index (χ4n) is 1.66. The highest BCUT2D eigenvalue weighted by Crippen LogP contribution is 2.31. The molecule has 132 valence electrons. The fourth-order valence-corrected chi connectivity index (χ4v) is 1.66. The molecule has 6 nitrogen and oxygen atoms in total. The first-order valence-electron chi connectivity index (χ1n) is 6.95. The minimum Gasteiger partial charge on any atom is -0.484 e. The number of ether oxygens (including phenoxy) is 1. The number of nitrogens with one attached hydrogen (secondary N) is 2. The molecule has 1 aromatic carbocycles. The Morgan fingerprint density at radius 3 is 2.64 bits per heavy atom. The van der Waals surface area contributed by atoms with Gasteiger partial charge in [-0.2, -0.15) is 13.2 Å². The zero-order valence-corrected chi connectivity index (χ0v) is 12.7. The lowest BCUT2D eigenvalue weighted by Gasteiger charge is -2.10. The zero-order valence-electron chi connectivity index (χ0n) is 12.7. The van der Waals surface area contributed by atoms with Gasteiger partial charge in [0, 0.05) is 6.08 Å². The Labute approximate surface area is 140 Å². The standard InChI is InChI=1S/C16H13F3N2O4/c17-16(18,19)11-3-1-4-13(9-11)25-10-15(23)21-20-14(22)7-6-12-5-2-8-24-12/h1-9H,10H2,(H,20,22)(H,21,23). The van der Waals surface area contributed by atoms with Gasteiger partial charge in [0.2, 0.25) is 0 Å². The molecule has 0 saturated heterocycles. The summed E-state index contributed by atoms with van der Waals surface area (Å²) in [5, 5.41) is 0. The highest BCUT2D eigenvalue weighted by molar-refractivity contribution is 5.92. The predicted octanol–water partition coefficient (Wildman–Crippen LogP) is 2.54. The van der Waals surface area contributed by atoms with Gasteiger partial charge in [0.1, 0.15) is 11.5 Å². The van der Waals surface area contributed by atoms with Crippen LogP contribution in [0.3, 0.4) is 0 Å². The summed E-state index contributed by atoms with van der Waals surface area (Å²) in [7, 11) is 0. The maximum absolute atomic E-state index is 12.6. The normalized spacial score (nSPS) is 11.3. The van der Waals surface area contributed by atoms with Crippen molar-refractivity contribution >= 4 is 17.9 Å². The average molecular weight is 354 g/mol. The van der Waals surface area contributed by atoms with Gasteiger partial charge in [-0.25, -0.2) is 0 Å². The maximum atomic E-state index is 12.6. The largest absolute Gasteiger partial charge is 0.484 e. The van der Waals surface area contributed by atoms with Crippen LogP contribution in [0.15, 0.2) is 53.2 Å². The first-order valence-corrected chi connectivity index (χ1v) is 6.95. The molecule has 2 aromatic rings. The van der Waals surface area contributed by atoms with E-state index in [0.717, 1.165) is 24.3 Å². The molecule has 0 aliphatic carbocycles. The lowest BCUT2D eigenvalue weighted by molar-refractivity contribution is -0.137. The number of hydrazine groups is 1. The Morgan fingerprint density at radius 2 is 1.96 bits per heavy atom. The molecule has 0 saturated carbocycles. The minimum absolute atomic E-state index is 0.117. The van der Waals surface area contributed by atoms with Crippen molar-refractivity contribution < 1.29 is 31.9 Å². The number of hydrogen-bond donors (Lipinski definition) is 2. The van der Waals surface area contributed by atoms with Crippen LogP contribution in [0.5, 0.6) is 5.75 Å². The van der Waals surface area contributed by atoms with Gasteiger partial charge in [0.25, 0.3) is 11.8 Å². The summed E-state index contributed by atoms with van der Waals surface area (Å²) in [5.74, 6) is -1.02. The molecule has 25 heavy (non-hydrogen) atoms. The van der Waals surface area contributed by atoms with Gasteiger partial charge in [0.05, 0.1) is 11.8 Å². The predicted molar refractivity (Wildman–Crippen MR) is 81.0 cm³/mol. The van der Waals surface area contributed by atoms with Crippen molar-refractivity contribution in [2.24, 2.45) is 0 Å². The topological polar surface area (TPSA) is 80.6 Å². The molecule has 1 aromatic heterocycles. The van der Waals surface area contributed by atoms with Crippen molar-refractivity contribution in [3.05, 3.63) is 60.1 Å². The number of amides is 2.